The van der Waals surface area contributed by atoms with Gasteiger partial charge in [0.05, 0.1) is 22.4 Å². The third kappa shape index (κ3) is 4.88. The van der Waals surface area contributed by atoms with E-state index >= 15 is 0 Å². The topological polar surface area (TPSA) is 16.4 Å². The van der Waals surface area contributed by atoms with Gasteiger partial charge in [-0.3, -0.25) is 0 Å². The first-order valence-electron chi connectivity index (χ1n) is 17.8. The summed E-state index contributed by atoms with van der Waals surface area (Å²) < 4.78 is 6.49. The van der Waals surface area contributed by atoms with Crippen molar-refractivity contribution in [1.82, 2.24) is 0 Å². The monoisotopic (exact) mass is 663 g/mol. The van der Waals surface area contributed by atoms with Gasteiger partial charge >= 0.3 is 0 Å². The number of para-hydroxylation sites is 2. The number of hydrogen-bond donors (Lipinski definition) is 0. The fraction of sp³-hybridized carbons (Fsp3) is 0. The molecule has 1 aromatic heterocycles. The molecule has 0 saturated heterocycles. The second-order valence-corrected chi connectivity index (χ2v) is 13.2. The molecule has 0 aliphatic carbocycles. The molecule has 0 fully saturated rings. The first-order chi connectivity index (χ1) is 25.8. The molecule has 2 heteroatoms. The predicted molar refractivity (Wildman–Crippen MR) is 220 cm³/mol. The van der Waals surface area contributed by atoms with Crippen molar-refractivity contribution >= 4 is 60.5 Å². The Morgan fingerprint density at radius 2 is 0.827 bits per heavy atom. The lowest BCUT2D eigenvalue weighted by Gasteiger charge is -2.30. The number of hydrogen-bond acceptors (Lipinski definition) is 2. The Morgan fingerprint density at radius 1 is 0.308 bits per heavy atom. The largest absolute Gasteiger partial charge is 0.456 e. The van der Waals surface area contributed by atoms with Crippen molar-refractivity contribution in [1.29, 1.82) is 0 Å². The van der Waals surface area contributed by atoms with Gasteiger partial charge in [-0.05, 0) is 74.3 Å². The van der Waals surface area contributed by atoms with Crippen molar-refractivity contribution in [3.05, 3.63) is 200 Å². The van der Waals surface area contributed by atoms with Crippen LogP contribution in [0, 0.1) is 0 Å². The van der Waals surface area contributed by atoms with Gasteiger partial charge in [-0.2, -0.15) is 0 Å². The van der Waals surface area contributed by atoms with E-state index < -0.39 is 0 Å². The first-order valence-corrected chi connectivity index (χ1v) is 17.8. The van der Waals surface area contributed by atoms with Gasteiger partial charge in [0, 0.05) is 16.3 Å². The number of furan rings is 1. The minimum Gasteiger partial charge on any atom is -0.456 e. The van der Waals surface area contributed by atoms with Gasteiger partial charge in [-0.1, -0.05) is 170 Å². The van der Waals surface area contributed by atoms with E-state index in [1.165, 1.54) is 49.4 Å². The second-order valence-electron chi connectivity index (χ2n) is 13.2. The lowest BCUT2D eigenvalue weighted by Crippen LogP contribution is -2.12. The zero-order chi connectivity index (χ0) is 34.4. The van der Waals surface area contributed by atoms with Crippen molar-refractivity contribution in [3.8, 4) is 33.4 Å². The Bertz CT molecular complexity index is 2920. The number of rotatable bonds is 6. The standard InChI is InChI=1S/C50H33NO/c1-2-17-34(18-3-1)36-20-6-7-22-38(36)40-24-8-9-25-41(40)42-26-12-14-29-45(42)51(46-30-16-32-49-50(46)44-28-13-15-31-48(44)52-49)47-33-35-19-4-5-21-37(35)39-23-10-11-27-43(39)47/h1-33H. The molecule has 0 N–H and O–H groups in total. The molecule has 0 spiro atoms. The molecule has 0 unspecified atom stereocenters. The summed E-state index contributed by atoms with van der Waals surface area (Å²) in [6, 6.07) is 71.7. The van der Waals surface area contributed by atoms with Crippen molar-refractivity contribution in [3.63, 3.8) is 0 Å². The summed E-state index contributed by atoms with van der Waals surface area (Å²) in [5.74, 6) is 0. The Hall–Kier alpha value is -6.90. The number of benzene rings is 9. The molecule has 0 atom stereocenters. The van der Waals surface area contributed by atoms with E-state index in [4.69, 9.17) is 4.42 Å². The average Bonchev–Trinajstić information content (AvgIpc) is 3.61. The van der Waals surface area contributed by atoms with Crippen molar-refractivity contribution in [2.45, 2.75) is 0 Å². The van der Waals surface area contributed by atoms with Crippen LogP contribution in [0.25, 0.3) is 76.9 Å². The van der Waals surface area contributed by atoms with E-state index in [0.717, 1.165) is 44.6 Å². The molecule has 0 aliphatic rings. The van der Waals surface area contributed by atoms with Gasteiger partial charge in [0.25, 0.3) is 0 Å². The van der Waals surface area contributed by atoms with Gasteiger partial charge in [-0.25, -0.2) is 0 Å². The van der Waals surface area contributed by atoms with Crippen LogP contribution in [0.5, 0.6) is 0 Å². The maximum atomic E-state index is 6.49. The van der Waals surface area contributed by atoms with Crippen LogP contribution in [-0.4, -0.2) is 0 Å². The third-order valence-electron chi connectivity index (χ3n) is 10.3. The molecule has 2 nitrogen and oxygen atoms in total. The lowest BCUT2D eigenvalue weighted by molar-refractivity contribution is 0.669. The second kappa shape index (κ2) is 12.5. The molecular formula is C50H33NO. The van der Waals surface area contributed by atoms with Crippen molar-refractivity contribution in [2.75, 3.05) is 4.90 Å². The highest BCUT2D eigenvalue weighted by Crippen LogP contribution is 2.50. The van der Waals surface area contributed by atoms with E-state index in [9.17, 15) is 0 Å². The van der Waals surface area contributed by atoms with Crippen molar-refractivity contribution < 1.29 is 4.42 Å². The van der Waals surface area contributed by atoms with E-state index in [1.54, 1.807) is 0 Å². The highest BCUT2D eigenvalue weighted by molar-refractivity contribution is 6.19. The fourth-order valence-electron chi connectivity index (χ4n) is 7.99. The summed E-state index contributed by atoms with van der Waals surface area (Å²) in [4.78, 5) is 2.47. The van der Waals surface area contributed by atoms with E-state index in [-0.39, 0.29) is 0 Å². The van der Waals surface area contributed by atoms with Crippen molar-refractivity contribution in [2.24, 2.45) is 0 Å². The quantitative estimate of drug-likeness (QED) is 0.165. The molecule has 10 aromatic rings. The average molecular weight is 664 g/mol. The molecule has 9 aromatic carbocycles. The van der Waals surface area contributed by atoms with Gasteiger partial charge in [0.15, 0.2) is 0 Å². The van der Waals surface area contributed by atoms with Crippen LogP contribution in [0.15, 0.2) is 205 Å². The van der Waals surface area contributed by atoms with Crippen LogP contribution in [0.1, 0.15) is 0 Å². The Balaban J connectivity index is 1.30. The van der Waals surface area contributed by atoms with Crippen LogP contribution in [-0.2, 0) is 0 Å². The molecule has 0 aliphatic heterocycles. The highest BCUT2D eigenvalue weighted by Gasteiger charge is 2.25. The predicted octanol–water partition coefficient (Wildman–Crippen LogP) is 14.4. The Kier molecular flexibility index (Phi) is 7.18. The summed E-state index contributed by atoms with van der Waals surface area (Å²) in [5, 5.41) is 7.03. The van der Waals surface area contributed by atoms with Crippen LogP contribution in [0.2, 0.25) is 0 Å². The smallest absolute Gasteiger partial charge is 0.137 e. The van der Waals surface area contributed by atoms with Gasteiger partial charge in [0.1, 0.15) is 11.2 Å². The normalized spacial score (nSPS) is 11.5. The molecule has 52 heavy (non-hydrogen) atoms. The molecule has 0 amide bonds. The van der Waals surface area contributed by atoms with E-state index in [1.807, 2.05) is 6.07 Å². The highest BCUT2D eigenvalue weighted by atomic mass is 16.3. The summed E-state index contributed by atoms with van der Waals surface area (Å²) >= 11 is 0. The molecule has 244 valence electrons. The van der Waals surface area contributed by atoms with Crippen LogP contribution in [0.3, 0.4) is 0 Å². The molecule has 0 bridgehead atoms. The van der Waals surface area contributed by atoms with Gasteiger partial charge in [-0.15, -0.1) is 0 Å². The zero-order valence-electron chi connectivity index (χ0n) is 28.4. The first kappa shape index (κ1) is 30.0. The maximum absolute atomic E-state index is 6.49. The van der Waals surface area contributed by atoms with E-state index in [0.29, 0.717) is 0 Å². The third-order valence-corrected chi connectivity index (χ3v) is 10.3. The maximum Gasteiger partial charge on any atom is 0.137 e. The number of fused-ring (bicyclic) bond motifs is 6. The SMILES string of the molecule is c1ccc(-c2ccccc2-c2ccccc2-c2ccccc2N(c2cc3ccccc3c3ccccc23)c2cccc3oc4ccccc4c23)cc1. The minimum absolute atomic E-state index is 0.864. The lowest BCUT2D eigenvalue weighted by atomic mass is 9.88. The van der Waals surface area contributed by atoms with E-state index in [2.05, 4.69) is 199 Å². The zero-order valence-corrected chi connectivity index (χ0v) is 28.4. The van der Waals surface area contributed by atoms with Crippen LogP contribution >= 0.6 is 0 Å². The summed E-state index contributed by atoms with van der Waals surface area (Å²) in [5.41, 5.74) is 12.1. The van der Waals surface area contributed by atoms with Crippen LogP contribution < -0.4 is 4.90 Å². The summed E-state index contributed by atoms with van der Waals surface area (Å²) in [6.07, 6.45) is 0. The van der Waals surface area contributed by atoms with Gasteiger partial charge in [0.2, 0.25) is 0 Å². The molecule has 0 radical (unpaired) electrons. The number of anilines is 3. The fourth-order valence-corrected chi connectivity index (χ4v) is 7.99. The summed E-state index contributed by atoms with van der Waals surface area (Å²) in [6.45, 7) is 0. The molecule has 1 heterocycles. The minimum atomic E-state index is 0.864. The summed E-state index contributed by atoms with van der Waals surface area (Å²) in [7, 11) is 0. The number of nitrogens with zero attached hydrogens (tertiary/aromatic N) is 1. The molecule has 10 rings (SSSR count). The molecular weight excluding hydrogens is 631 g/mol. The van der Waals surface area contributed by atoms with Crippen LogP contribution in [0.4, 0.5) is 17.1 Å². The Morgan fingerprint density at radius 3 is 1.62 bits per heavy atom. The Labute approximate surface area is 302 Å². The molecule has 0 saturated carbocycles. The van der Waals surface area contributed by atoms with Gasteiger partial charge < -0.3 is 9.32 Å².